The summed E-state index contributed by atoms with van der Waals surface area (Å²) in [4.78, 5) is 14.5. The molecule has 1 heterocycles. The monoisotopic (exact) mass is 232 g/mol. The van der Waals surface area contributed by atoms with Gasteiger partial charge in [-0.25, -0.2) is 9.78 Å². The van der Waals surface area contributed by atoms with Crippen molar-refractivity contribution in [1.82, 2.24) is 4.98 Å². The Morgan fingerprint density at radius 2 is 2.57 bits per heavy atom. The van der Waals surface area contributed by atoms with Crippen LogP contribution in [-0.4, -0.2) is 34.1 Å². The molecule has 0 aromatic carbocycles. The molecule has 1 rings (SSSR count). The van der Waals surface area contributed by atoms with Crippen molar-refractivity contribution < 1.29 is 9.90 Å². The highest BCUT2D eigenvalue weighted by Crippen LogP contribution is 2.16. The number of nitrogens with zero attached hydrogens (tertiary/aromatic N) is 1. The standard InChI is InChI=1S/C8H12N2O2S2/c1-5(3-13-2)9-8-10-6(4-14-8)7(11)12/h4-5H,3H2,1-2H3,(H,9,10)(H,11,12). The second-order valence-corrected chi connectivity index (χ2v) is 4.61. The maximum atomic E-state index is 10.5. The zero-order valence-corrected chi connectivity index (χ0v) is 9.61. The first-order valence-electron chi connectivity index (χ1n) is 4.07. The van der Waals surface area contributed by atoms with Crippen LogP contribution in [0.4, 0.5) is 5.13 Å². The van der Waals surface area contributed by atoms with Gasteiger partial charge in [0.15, 0.2) is 10.8 Å². The molecule has 0 radical (unpaired) electrons. The molecule has 1 unspecified atom stereocenters. The zero-order valence-electron chi connectivity index (χ0n) is 7.98. The number of thioether (sulfide) groups is 1. The molecule has 0 spiro atoms. The molecule has 0 saturated heterocycles. The van der Waals surface area contributed by atoms with Crippen molar-refractivity contribution in [3.05, 3.63) is 11.1 Å². The van der Waals surface area contributed by atoms with E-state index in [1.54, 1.807) is 11.8 Å². The van der Waals surface area contributed by atoms with Gasteiger partial charge in [-0.15, -0.1) is 11.3 Å². The minimum Gasteiger partial charge on any atom is -0.476 e. The highest BCUT2D eigenvalue weighted by Gasteiger charge is 2.09. The second kappa shape index (κ2) is 5.21. The van der Waals surface area contributed by atoms with Gasteiger partial charge >= 0.3 is 5.97 Å². The average molecular weight is 232 g/mol. The quantitative estimate of drug-likeness (QED) is 0.813. The van der Waals surface area contributed by atoms with E-state index >= 15 is 0 Å². The van der Waals surface area contributed by atoms with Crippen molar-refractivity contribution in [2.45, 2.75) is 13.0 Å². The third kappa shape index (κ3) is 3.19. The summed E-state index contributed by atoms with van der Waals surface area (Å²) in [6.45, 7) is 2.04. The first kappa shape index (κ1) is 11.3. The van der Waals surface area contributed by atoms with Crippen molar-refractivity contribution in [3.63, 3.8) is 0 Å². The van der Waals surface area contributed by atoms with E-state index in [-0.39, 0.29) is 5.69 Å². The Bertz CT molecular complexity index is 314. The predicted octanol–water partition coefficient (Wildman–Crippen LogP) is 2.00. The van der Waals surface area contributed by atoms with Gasteiger partial charge in [-0.3, -0.25) is 0 Å². The number of aromatic nitrogens is 1. The van der Waals surface area contributed by atoms with Gasteiger partial charge in [0.25, 0.3) is 0 Å². The second-order valence-electron chi connectivity index (χ2n) is 2.84. The molecule has 4 nitrogen and oxygen atoms in total. The summed E-state index contributed by atoms with van der Waals surface area (Å²) >= 11 is 3.06. The molecular weight excluding hydrogens is 220 g/mol. The Hall–Kier alpha value is -0.750. The van der Waals surface area contributed by atoms with Crippen LogP contribution in [0, 0.1) is 0 Å². The lowest BCUT2D eigenvalue weighted by atomic mass is 10.4. The number of nitrogens with one attached hydrogen (secondary N) is 1. The summed E-state index contributed by atoms with van der Waals surface area (Å²) in [6, 6.07) is 0.304. The van der Waals surface area contributed by atoms with Crippen LogP contribution in [0.1, 0.15) is 17.4 Å². The molecule has 1 aromatic rings. The smallest absolute Gasteiger partial charge is 0.355 e. The Morgan fingerprint density at radius 1 is 1.86 bits per heavy atom. The molecule has 1 aromatic heterocycles. The summed E-state index contributed by atoms with van der Waals surface area (Å²) in [5.41, 5.74) is 0.105. The summed E-state index contributed by atoms with van der Waals surface area (Å²) in [5.74, 6) is -0.00561. The molecule has 0 bridgehead atoms. The van der Waals surface area contributed by atoms with Crippen LogP contribution in [0.2, 0.25) is 0 Å². The maximum absolute atomic E-state index is 10.5. The van der Waals surface area contributed by atoms with Crippen LogP contribution in [0.15, 0.2) is 5.38 Å². The molecule has 0 aliphatic carbocycles. The van der Waals surface area contributed by atoms with Crippen LogP contribution >= 0.6 is 23.1 Å². The Balaban J connectivity index is 2.55. The number of carboxylic acids is 1. The average Bonchev–Trinajstić information content (AvgIpc) is 2.53. The highest BCUT2D eigenvalue weighted by atomic mass is 32.2. The van der Waals surface area contributed by atoms with E-state index in [0.29, 0.717) is 11.2 Å². The fourth-order valence-electron chi connectivity index (χ4n) is 0.941. The molecule has 14 heavy (non-hydrogen) atoms. The minimum absolute atomic E-state index is 0.105. The highest BCUT2D eigenvalue weighted by molar-refractivity contribution is 7.98. The van der Waals surface area contributed by atoms with Gasteiger partial charge < -0.3 is 10.4 Å². The molecular formula is C8H12N2O2S2. The molecule has 6 heteroatoms. The fraction of sp³-hybridized carbons (Fsp3) is 0.500. The van der Waals surface area contributed by atoms with Crippen LogP contribution in [0.5, 0.6) is 0 Å². The summed E-state index contributed by atoms with van der Waals surface area (Å²) in [7, 11) is 0. The number of carbonyl (C=O) groups is 1. The van der Waals surface area contributed by atoms with Crippen LogP contribution < -0.4 is 5.32 Å². The molecule has 0 saturated carbocycles. The van der Waals surface area contributed by atoms with Gasteiger partial charge in [0.05, 0.1) is 0 Å². The van der Waals surface area contributed by atoms with Crippen molar-refractivity contribution in [2.24, 2.45) is 0 Å². The normalized spacial score (nSPS) is 12.4. The Morgan fingerprint density at radius 3 is 3.07 bits per heavy atom. The molecule has 0 fully saturated rings. The van der Waals surface area contributed by atoms with Crippen molar-refractivity contribution in [2.75, 3.05) is 17.3 Å². The van der Waals surface area contributed by atoms with Crippen LogP contribution in [0.25, 0.3) is 0 Å². The Kier molecular flexibility index (Phi) is 4.21. The molecule has 0 amide bonds. The third-order valence-corrected chi connectivity index (χ3v) is 3.12. The van der Waals surface area contributed by atoms with Crippen molar-refractivity contribution in [1.29, 1.82) is 0 Å². The zero-order chi connectivity index (χ0) is 10.6. The van der Waals surface area contributed by atoms with Gasteiger partial charge in [-0.05, 0) is 13.2 Å². The van der Waals surface area contributed by atoms with Gasteiger partial charge in [0.1, 0.15) is 0 Å². The van der Waals surface area contributed by atoms with Crippen molar-refractivity contribution >= 4 is 34.2 Å². The van der Waals surface area contributed by atoms with E-state index in [9.17, 15) is 4.79 Å². The van der Waals surface area contributed by atoms with E-state index in [2.05, 4.69) is 10.3 Å². The number of anilines is 1. The van der Waals surface area contributed by atoms with Gasteiger partial charge in [0, 0.05) is 17.2 Å². The minimum atomic E-state index is -0.980. The lowest BCUT2D eigenvalue weighted by Gasteiger charge is -2.10. The van der Waals surface area contributed by atoms with Crippen LogP contribution in [-0.2, 0) is 0 Å². The van der Waals surface area contributed by atoms with E-state index in [4.69, 9.17) is 5.11 Å². The predicted molar refractivity (Wildman–Crippen MR) is 60.5 cm³/mol. The number of thiazole rings is 1. The van der Waals surface area contributed by atoms with E-state index in [1.807, 2.05) is 13.2 Å². The lowest BCUT2D eigenvalue weighted by molar-refractivity contribution is 0.0691. The van der Waals surface area contributed by atoms with Gasteiger partial charge in [-0.1, -0.05) is 0 Å². The summed E-state index contributed by atoms with van der Waals surface area (Å²) < 4.78 is 0. The maximum Gasteiger partial charge on any atom is 0.355 e. The van der Waals surface area contributed by atoms with Gasteiger partial charge in [0.2, 0.25) is 0 Å². The first-order valence-corrected chi connectivity index (χ1v) is 6.35. The van der Waals surface area contributed by atoms with Crippen molar-refractivity contribution in [3.8, 4) is 0 Å². The Labute approximate surface area is 90.7 Å². The number of aromatic carboxylic acids is 1. The molecule has 0 aliphatic rings. The van der Waals surface area contributed by atoms with Crippen LogP contribution in [0.3, 0.4) is 0 Å². The summed E-state index contributed by atoms with van der Waals surface area (Å²) in [5, 5.41) is 14.0. The largest absolute Gasteiger partial charge is 0.476 e. The van der Waals surface area contributed by atoms with E-state index in [1.165, 1.54) is 16.7 Å². The number of hydrogen-bond donors (Lipinski definition) is 2. The molecule has 78 valence electrons. The lowest BCUT2D eigenvalue weighted by Crippen LogP contribution is -2.17. The first-order chi connectivity index (χ1) is 6.63. The summed E-state index contributed by atoms with van der Waals surface area (Å²) in [6.07, 6.45) is 2.03. The third-order valence-electron chi connectivity index (χ3n) is 1.51. The molecule has 2 N–H and O–H groups in total. The number of rotatable bonds is 5. The van der Waals surface area contributed by atoms with E-state index < -0.39 is 5.97 Å². The van der Waals surface area contributed by atoms with E-state index in [0.717, 1.165) is 5.75 Å². The number of carboxylic acid groups (broad SMARTS) is 1. The van der Waals surface area contributed by atoms with Gasteiger partial charge in [-0.2, -0.15) is 11.8 Å². The fourth-order valence-corrected chi connectivity index (χ4v) is 2.32. The molecule has 1 atom stereocenters. The SMILES string of the molecule is CSCC(C)Nc1nc(C(=O)O)cs1. The topological polar surface area (TPSA) is 62.2 Å². The molecule has 0 aliphatic heterocycles. The number of hydrogen-bond acceptors (Lipinski definition) is 5.